The van der Waals surface area contributed by atoms with Crippen LogP contribution in [0.1, 0.15) is 52.9 Å². The lowest BCUT2D eigenvalue weighted by atomic mass is 9.94. The van der Waals surface area contributed by atoms with Crippen molar-refractivity contribution in [3.05, 3.63) is 0 Å². The van der Waals surface area contributed by atoms with Gasteiger partial charge in [-0.15, -0.1) is 0 Å². The third-order valence-corrected chi connectivity index (χ3v) is 4.36. The number of nitrogens with one attached hydrogen (secondary N) is 1. The zero-order valence-electron chi connectivity index (χ0n) is 11.5. The number of rotatable bonds is 6. The molecule has 3 unspecified atom stereocenters. The number of nitrogens with two attached hydrogens (primary N) is 1. The summed E-state index contributed by atoms with van der Waals surface area (Å²) in [4.78, 5) is 12.0. The highest BCUT2D eigenvalue weighted by Gasteiger charge is 2.29. The maximum atomic E-state index is 12.0. The van der Waals surface area contributed by atoms with Crippen molar-refractivity contribution in [2.24, 2.45) is 23.5 Å². The van der Waals surface area contributed by atoms with E-state index in [2.05, 4.69) is 26.1 Å². The third-order valence-electron chi connectivity index (χ3n) is 4.36. The van der Waals surface area contributed by atoms with Crippen molar-refractivity contribution in [1.29, 1.82) is 0 Å². The largest absolute Gasteiger partial charge is 0.354 e. The molecule has 1 saturated carbocycles. The first kappa shape index (κ1) is 14.5. The molecule has 1 rings (SSSR count). The molecule has 0 radical (unpaired) electrons. The summed E-state index contributed by atoms with van der Waals surface area (Å²) in [6.07, 6.45) is 5.61. The fourth-order valence-electron chi connectivity index (χ4n) is 2.95. The smallest absolute Gasteiger partial charge is 0.223 e. The van der Waals surface area contributed by atoms with Crippen molar-refractivity contribution < 1.29 is 4.79 Å². The molecule has 0 aromatic rings. The quantitative estimate of drug-likeness (QED) is 0.748. The zero-order chi connectivity index (χ0) is 12.8. The molecular weight excluding hydrogens is 212 g/mol. The molecule has 3 atom stereocenters. The Kier molecular flexibility index (Phi) is 5.96. The highest BCUT2D eigenvalue weighted by atomic mass is 16.1. The van der Waals surface area contributed by atoms with E-state index in [4.69, 9.17) is 5.73 Å². The molecule has 1 aliphatic rings. The molecule has 0 aromatic heterocycles. The van der Waals surface area contributed by atoms with Gasteiger partial charge in [-0.05, 0) is 24.7 Å². The van der Waals surface area contributed by atoms with Gasteiger partial charge in [-0.2, -0.15) is 0 Å². The van der Waals surface area contributed by atoms with Crippen LogP contribution in [0.15, 0.2) is 0 Å². The lowest BCUT2D eigenvalue weighted by molar-refractivity contribution is -0.125. The monoisotopic (exact) mass is 240 g/mol. The van der Waals surface area contributed by atoms with Crippen molar-refractivity contribution >= 4 is 5.91 Å². The van der Waals surface area contributed by atoms with Crippen molar-refractivity contribution in [2.45, 2.75) is 58.9 Å². The molecule has 0 aromatic carbocycles. The van der Waals surface area contributed by atoms with Gasteiger partial charge in [0, 0.05) is 18.5 Å². The van der Waals surface area contributed by atoms with E-state index >= 15 is 0 Å². The second kappa shape index (κ2) is 7.00. The molecule has 0 saturated heterocycles. The minimum atomic E-state index is 0.102. The zero-order valence-corrected chi connectivity index (χ0v) is 11.5. The Morgan fingerprint density at radius 1 is 1.35 bits per heavy atom. The van der Waals surface area contributed by atoms with Crippen LogP contribution in [-0.4, -0.2) is 18.5 Å². The van der Waals surface area contributed by atoms with Crippen molar-refractivity contribution in [1.82, 2.24) is 5.32 Å². The van der Waals surface area contributed by atoms with Gasteiger partial charge in [-0.1, -0.05) is 40.0 Å². The number of hydrogen-bond donors (Lipinski definition) is 2. The fraction of sp³-hybridized carbons (Fsp3) is 0.929. The predicted molar refractivity (Wildman–Crippen MR) is 71.6 cm³/mol. The number of hydrogen-bond acceptors (Lipinski definition) is 2. The topological polar surface area (TPSA) is 55.1 Å². The van der Waals surface area contributed by atoms with Crippen LogP contribution >= 0.6 is 0 Å². The Labute approximate surface area is 106 Å². The van der Waals surface area contributed by atoms with Gasteiger partial charge in [0.15, 0.2) is 0 Å². The molecule has 3 nitrogen and oxygen atoms in total. The van der Waals surface area contributed by atoms with E-state index in [0.29, 0.717) is 18.4 Å². The van der Waals surface area contributed by atoms with Crippen molar-refractivity contribution in [2.75, 3.05) is 6.54 Å². The van der Waals surface area contributed by atoms with E-state index in [1.54, 1.807) is 0 Å². The van der Waals surface area contributed by atoms with Crippen molar-refractivity contribution in [3.8, 4) is 0 Å². The van der Waals surface area contributed by atoms with Crippen LogP contribution in [0.25, 0.3) is 0 Å². The van der Waals surface area contributed by atoms with Crippen LogP contribution in [0.3, 0.4) is 0 Å². The van der Waals surface area contributed by atoms with Crippen LogP contribution in [0.5, 0.6) is 0 Å². The molecule has 3 heteroatoms. The maximum absolute atomic E-state index is 12.0. The Balaban J connectivity index is 2.32. The van der Waals surface area contributed by atoms with E-state index in [-0.39, 0.29) is 17.9 Å². The summed E-state index contributed by atoms with van der Waals surface area (Å²) >= 11 is 0. The molecule has 0 spiro atoms. The highest BCUT2D eigenvalue weighted by molar-refractivity contribution is 5.79. The Morgan fingerprint density at radius 3 is 2.47 bits per heavy atom. The average Bonchev–Trinajstić information content (AvgIpc) is 2.74. The summed E-state index contributed by atoms with van der Waals surface area (Å²) in [5.74, 6) is 1.51. The van der Waals surface area contributed by atoms with Crippen LogP contribution in [0, 0.1) is 17.8 Å². The Morgan fingerprint density at radius 2 is 2.00 bits per heavy atom. The normalized spacial score (nSPS) is 26.2. The summed E-state index contributed by atoms with van der Waals surface area (Å²) in [6, 6.07) is 0.102. The van der Waals surface area contributed by atoms with Crippen LogP contribution in [0.4, 0.5) is 0 Å². The van der Waals surface area contributed by atoms with Crippen LogP contribution in [0.2, 0.25) is 0 Å². The first-order chi connectivity index (χ1) is 8.10. The lowest BCUT2D eigenvalue weighted by Crippen LogP contribution is -2.44. The van der Waals surface area contributed by atoms with E-state index in [0.717, 1.165) is 19.3 Å². The van der Waals surface area contributed by atoms with Gasteiger partial charge in [0.1, 0.15) is 0 Å². The first-order valence-corrected chi connectivity index (χ1v) is 7.13. The third kappa shape index (κ3) is 3.98. The molecule has 0 heterocycles. The van der Waals surface area contributed by atoms with Gasteiger partial charge in [-0.3, -0.25) is 4.79 Å². The molecule has 17 heavy (non-hydrogen) atoms. The molecule has 3 N–H and O–H groups in total. The summed E-state index contributed by atoms with van der Waals surface area (Å²) in [7, 11) is 0. The summed E-state index contributed by atoms with van der Waals surface area (Å²) in [5.41, 5.74) is 6.11. The number of carbonyl (C=O) groups excluding carboxylic acids is 1. The lowest BCUT2D eigenvalue weighted by Gasteiger charge is -2.23. The number of amides is 1. The average molecular weight is 240 g/mol. The van der Waals surface area contributed by atoms with E-state index in [1.165, 1.54) is 12.8 Å². The highest BCUT2D eigenvalue weighted by Crippen LogP contribution is 2.31. The SMILES string of the molecule is CCC(CC)C(N)CNC(=O)C1CCCC1C. The van der Waals surface area contributed by atoms with Crippen LogP contribution < -0.4 is 11.1 Å². The summed E-state index contributed by atoms with van der Waals surface area (Å²) in [6.45, 7) is 7.14. The molecular formula is C14H28N2O. The van der Waals surface area contributed by atoms with Gasteiger partial charge in [0.25, 0.3) is 0 Å². The first-order valence-electron chi connectivity index (χ1n) is 7.13. The van der Waals surface area contributed by atoms with Gasteiger partial charge in [0.2, 0.25) is 5.91 Å². The van der Waals surface area contributed by atoms with E-state index in [9.17, 15) is 4.79 Å². The Bertz CT molecular complexity index is 238. The fourth-order valence-corrected chi connectivity index (χ4v) is 2.95. The molecule has 1 fully saturated rings. The van der Waals surface area contributed by atoms with Gasteiger partial charge in [-0.25, -0.2) is 0 Å². The minimum absolute atomic E-state index is 0.102. The summed E-state index contributed by atoms with van der Waals surface area (Å²) in [5, 5.41) is 3.04. The minimum Gasteiger partial charge on any atom is -0.354 e. The van der Waals surface area contributed by atoms with Gasteiger partial charge < -0.3 is 11.1 Å². The van der Waals surface area contributed by atoms with Gasteiger partial charge in [0.05, 0.1) is 0 Å². The maximum Gasteiger partial charge on any atom is 0.223 e. The van der Waals surface area contributed by atoms with Crippen LogP contribution in [-0.2, 0) is 4.79 Å². The summed E-state index contributed by atoms with van der Waals surface area (Å²) < 4.78 is 0. The number of carbonyl (C=O) groups is 1. The second-order valence-corrected chi connectivity index (χ2v) is 5.50. The second-order valence-electron chi connectivity index (χ2n) is 5.50. The van der Waals surface area contributed by atoms with E-state index < -0.39 is 0 Å². The molecule has 0 aliphatic heterocycles. The van der Waals surface area contributed by atoms with E-state index in [1.807, 2.05) is 0 Å². The van der Waals surface area contributed by atoms with Crippen molar-refractivity contribution in [3.63, 3.8) is 0 Å². The molecule has 100 valence electrons. The Hall–Kier alpha value is -0.570. The predicted octanol–water partition coefficient (Wildman–Crippen LogP) is 2.30. The standard InChI is InChI=1S/C14H28N2O/c1-4-11(5-2)13(15)9-16-14(17)12-8-6-7-10(12)3/h10-13H,4-9,15H2,1-3H3,(H,16,17). The molecule has 0 bridgehead atoms. The molecule has 1 amide bonds. The van der Waals surface area contributed by atoms with Gasteiger partial charge >= 0.3 is 0 Å². The molecule has 1 aliphatic carbocycles.